The Morgan fingerprint density at radius 1 is 1.45 bits per heavy atom. The summed E-state index contributed by atoms with van der Waals surface area (Å²) in [6.45, 7) is 7.48. The fourth-order valence-corrected chi connectivity index (χ4v) is 4.26. The third-order valence-corrected chi connectivity index (χ3v) is 5.19. The first-order valence-corrected chi connectivity index (χ1v) is 7.91. The van der Waals surface area contributed by atoms with Gasteiger partial charge in [0.15, 0.2) is 0 Å². The van der Waals surface area contributed by atoms with Crippen molar-refractivity contribution in [2.24, 2.45) is 5.92 Å². The minimum atomic E-state index is -1.06. The molecule has 0 aromatic heterocycles. The molecule has 0 spiro atoms. The van der Waals surface area contributed by atoms with Gasteiger partial charge in [-0.3, -0.25) is 0 Å². The van der Waals surface area contributed by atoms with Crippen molar-refractivity contribution in [2.75, 3.05) is 6.61 Å². The molecule has 0 aliphatic heterocycles. The van der Waals surface area contributed by atoms with Crippen LogP contribution in [0.15, 0.2) is 12.2 Å². The summed E-state index contributed by atoms with van der Waals surface area (Å²) < 4.78 is 0. The first kappa shape index (κ1) is 9.01. The molecule has 0 amide bonds. The van der Waals surface area contributed by atoms with Crippen LogP contribution in [0.25, 0.3) is 0 Å². The van der Waals surface area contributed by atoms with Gasteiger partial charge in [-0.25, -0.2) is 0 Å². The topological polar surface area (TPSA) is 20.2 Å². The van der Waals surface area contributed by atoms with Crippen molar-refractivity contribution in [1.82, 2.24) is 0 Å². The van der Waals surface area contributed by atoms with Gasteiger partial charge in [0, 0.05) is 6.61 Å². The van der Waals surface area contributed by atoms with Gasteiger partial charge < -0.3 is 5.11 Å². The molecule has 1 rings (SSSR count). The Hall–Kier alpha value is -0.0831. The van der Waals surface area contributed by atoms with E-state index < -0.39 is 8.07 Å². The van der Waals surface area contributed by atoms with Crippen LogP contribution in [0, 0.1) is 5.92 Å². The highest BCUT2D eigenvalue weighted by Crippen LogP contribution is 2.37. The molecule has 0 saturated heterocycles. The van der Waals surface area contributed by atoms with Gasteiger partial charge in [-0.15, -0.1) is 0 Å². The Bertz CT molecular complexity index is 157. The van der Waals surface area contributed by atoms with Crippen LogP contribution in [-0.2, 0) is 0 Å². The first-order chi connectivity index (χ1) is 5.05. The molecule has 0 unspecified atom stereocenters. The first-order valence-electron chi connectivity index (χ1n) is 4.33. The molecule has 0 heterocycles. The lowest BCUT2D eigenvalue weighted by Crippen LogP contribution is -2.31. The quantitative estimate of drug-likeness (QED) is 0.498. The summed E-state index contributed by atoms with van der Waals surface area (Å²) in [7, 11) is -1.06. The highest BCUT2D eigenvalue weighted by atomic mass is 28.3. The number of hydrogen-bond donors (Lipinski definition) is 1. The third kappa shape index (κ3) is 1.94. The predicted octanol–water partition coefficient (Wildman–Crippen LogP) is 2.26. The van der Waals surface area contributed by atoms with Crippen LogP contribution in [-0.4, -0.2) is 19.8 Å². The van der Waals surface area contributed by atoms with Crippen LogP contribution in [0.5, 0.6) is 0 Å². The van der Waals surface area contributed by atoms with Crippen LogP contribution in [0.1, 0.15) is 6.42 Å². The van der Waals surface area contributed by atoms with Crippen molar-refractivity contribution in [2.45, 2.75) is 31.6 Å². The van der Waals surface area contributed by atoms with Crippen LogP contribution in [0.4, 0.5) is 0 Å². The molecule has 0 aromatic rings. The summed E-state index contributed by atoms with van der Waals surface area (Å²) in [6.07, 6.45) is 5.63. The molecule has 1 N–H and O–H groups in total. The predicted molar refractivity (Wildman–Crippen MR) is 51.4 cm³/mol. The number of rotatable bonds is 2. The summed E-state index contributed by atoms with van der Waals surface area (Å²) in [5.74, 6) is 0.529. The zero-order valence-electron chi connectivity index (χ0n) is 7.67. The van der Waals surface area contributed by atoms with E-state index in [4.69, 9.17) is 5.11 Å². The van der Waals surface area contributed by atoms with E-state index in [1.54, 1.807) is 0 Å². The molecule has 2 heteroatoms. The minimum absolute atomic E-state index is 0.363. The van der Waals surface area contributed by atoms with E-state index in [9.17, 15) is 0 Å². The van der Waals surface area contributed by atoms with E-state index >= 15 is 0 Å². The lowest BCUT2D eigenvalue weighted by atomic mass is 10.1. The van der Waals surface area contributed by atoms with Crippen molar-refractivity contribution in [1.29, 1.82) is 0 Å². The largest absolute Gasteiger partial charge is 0.396 e. The van der Waals surface area contributed by atoms with Gasteiger partial charge in [0.25, 0.3) is 0 Å². The lowest BCUT2D eigenvalue weighted by Gasteiger charge is -2.28. The van der Waals surface area contributed by atoms with Crippen LogP contribution in [0.3, 0.4) is 0 Å². The molecule has 0 saturated carbocycles. The van der Waals surface area contributed by atoms with Crippen molar-refractivity contribution in [3.63, 3.8) is 0 Å². The van der Waals surface area contributed by atoms with Crippen molar-refractivity contribution < 1.29 is 5.11 Å². The van der Waals surface area contributed by atoms with Crippen molar-refractivity contribution in [3.05, 3.63) is 12.2 Å². The summed E-state index contributed by atoms with van der Waals surface area (Å²) in [4.78, 5) is 0. The van der Waals surface area contributed by atoms with Crippen molar-refractivity contribution in [3.8, 4) is 0 Å². The Labute approximate surface area is 70.1 Å². The van der Waals surface area contributed by atoms with Gasteiger partial charge in [-0.05, 0) is 17.9 Å². The molecule has 2 atom stereocenters. The highest BCUT2D eigenvalue weighted by molar-refractivity contribution is 6.78. The second-order valence-corrected chi connectivity index (χ2v) is 9.90. The average Bonchev–Trinajstić information content (AvgIpc) is 2.31. The SMILES string of the molecule is C[Si](C)(C)[C@@H]1C=CC[C@@H]1CO. The molecule has 64 valence electrons. The van der Waals surface area contributed by atoms with Gasteiger partial charge in [-0.2, -0.15) is 0 Å². The maximum atomic E-state index is 9.08. The Morgan fingerprint density at radius 2 is 2.09 bits per heavy atom. The summed E-state index contributed by atoms with van der Waals surface area (Å²) in [5.41, 5.74) is 0.701. The standard InChI is InChI=1S/C9H18OSi/c1-11(2,3)9-6-4-5-8(9)7-10/h4,6,8-10H,5,7H2,1-3H3/t8-,9-/m1/s1. The molecule has 0 fully saturated rings. The normalized spacial score (nSPS) is 31.3. The number of hydrogen-bond acceptors (Lipinski definition) is 1. The fourth-order valence-electron chi connectivity index (χ4n) is 1.89. The summed E-state index contributed by atoms with van der Waals surface area (Å²) in [5, 5.41) is 9.08. The monoisotopic (exact) mass is 170 g/mol. The van der Waals surface area contributed by atoms with Crippen LogP contribution < -0.4 is 0 Å². The van der Waals surface area contributed by atoms with Gasteiger partial charge >= 0.3 is 0 Å². The van der Waals surface area contributed by atoms with Crippen LogP contribution >= 0.6 is 0 Å². The van der Waals surface area contributed by atoms with E-state index in [-0.39, 0.29) is 0 Å². The Balaban J connectivity index is 2.63. The van der Waals surface area contributed by atoms with E-state index in [1.807, 2.05) is 0 Å². The smallest absolute Gasteiger partial charge is 0.0518 e. The molecule has 1 nitrogen and oxygen atoms in total. The lowest BCUT2D eigenvalue weighted by molar-refractivity contribution is 0.232. The molecule has 0 bridgehead atoms. The third-order valence-electron chi connectivity index (χ3n) is 2.52. The second kappa shape index (κ2) is 3.11. The van der Waals surface area contributed by atoms with Crippen LogP contribution in [0.2, 0.25) is 25.2 Å². The maximum Gasteiger partial charge on any atom is 0.0518 e. The number of allylic oxidation sites excluding steroid dienone is 2. The molecule has 0 aromatic carbocycles. The van der Waals surface area contributed by atoms with Gasteiger partial charge in [0.05, 0.1) is 8.07 Å². The molecular formula is C9H18OSi. The van der Waals surface area contributed by atoms with E-state index in [0.29, 0.717) is 18.1 Å². The average molecular weight is 170 g/mol. The Kier molecular flexibility index (Phi) is 2.55. The minimum Gasteiger partial charge on any atom is -0.396 e. The molecular weight excluding hydrogens is 152 g/mol. The van der Waals surface area contributed by atoms with Gasteiger partial charge in [-0.1, -0.05) is 31.8 Å². The van der Waals surface area contributed by atoms with E-state index in [2.05, 4.69) is 31.8 Å². The fraction of sp³-hybridized carbons (Fsp3) is 0.778. The second-order valence-electron chi connectivity index (χ2n) is 4.50. The van der Waals surface area contributed by atoms with E-state index in [0.717, 1.165) is 6.42 Å². The Morgan fingerprint density at radius 3 is 2.45 bits per heavy atom. The number of aliphatic hydroxyl groups excluding tert-OH is 1. The van der Waals surface area contributed by atoms with E-state index in [1.165, 1.54) is 0 Å². The van der Waals surface area contributed by atoms with Gasteiger partial charge in [0.2, 0.25) is 0 Å². The maximum absolute atomic E-state index is 9.08. The zero-order valence-corrected chi connectivity index (χ0v) is 8.67. The molecule has 1 aliphatic carbocycles. The summed E-state index contributed by atoms with van der Waals surface area (Å²) >= 11 is 0. The summed E-state index contributed by atoms with van der Waals surface area (Å²) in [6, 6.07) is 0. The molecule has 0 radical (unpaired) electrons. The molecule has 1 aliphatic rings. The highest BCUT2D eigenvalue weighted by Gasteiger charge is 2.33. The molecule has 11 heavy (non-hydrogen) atoms. The van der Waals surface area contributed by atoms with Gasteiger partial charge in [0.1, 0.15) is 0 Å². The zero-order chi connectivity index (χ0) is 8.48. The number of aliphatic hydroxyl groups is 1. The van der Waals surface area contributed by atoms with Crippen molar-refractivity contribution >= 4 is 8.07 Å².